The standard InChI is InChI=1S/C18H17FN4O/c19-14-7-5-12(6-8-14)9-13(17(20)24)10-21-18-15-3-1-2-4-16(15)22-11-23-18/h1-8,11,13H,9-10H2,(H2,20,24)(H,21,22,23). The zero-order valence-electron chi connectivity index (χ0n) is 12.9. The Morgan fingerprint density at radius 1 is 1.12 bits per heavy atom. The third-order valence-corrected chi connectivity index (χ3v) is 3.86. The molecular weight excluding hydrogens is 307 g/mol. The molecule has 0 radical (unpaired) electrons. The number of amides is 1. The first-order valence-electron chi connectivity index (χ1n) is 7.61. The summed E-state index contributed by atoms with van der Waals surface area (Å²) in [5.74, 6) is -0.486. The zero-order chi connectivity index (χ0) is 16.9. The number of nitrogens with two attached hydrogens (primary N) is 1. The van der Waals surface area contributed by atoms with Crippen molar-refractivity contribution in [2.75, 3.05) is 11.9 Å². The van der Waals surface area contributed by atoms with E-state index in [1.807, 2.05) is 24.3 Å². The van der Waals surface area contributed by atoms with E-state index in [9.17, 15) is 9.18 Å². The Labute approximate surface area is 138 Å². The number of anilines is 1. The Kier molecular flexibility index (Phi) is 4.65. The van der Waals surface area contributed by atoms with E-state index < -0.39 is 11.8 Å². The van der Waals surface area contributed by atoms with Crippen molar-refractivity contribution in [3.8, 4) is 0 Å². The molecule has 0 aliphatic heterocycles. The molecule has 24 heavy (non-hydrogen) atoms. The molecule has 1 aromatic heterocycles. The van der Waals surface area contributed by atoms with Gasteiger partial charge in [-0.3, -0.25) is 4.79 Å². The quantitative estimate of drug-likeness (QED) is 0.730. The molecule has 0 aliphatic carbocycles. The Morgan fingerprint density at radius 2 is 1.88 bits per heavy atom. The molecule has 0 saturated heterocycles. The lowest BCUT2D eigenvalue weighted by molar-refractivity contribution is -0.121. The van der Waals surface area contributed by atoms with Crippen molar-refractivity contribution in [3.63, 3.8) is 0 Å². The van der Waals surface area contributed by atoms with Crippen LogP contribution in [0, 0.1) is 11.7 Å². The molecule has 0 saturated carbocycles. The second kappa shape index (κ2) is 7.04. The summed E-state index contributed by atoms with van der Waals surface area (Å²) in [6.07, 6.45) is 1.91. The van der Waals surface area contributed by atoms with Crippen molar-refractivity contribution in [1.29, 1.82) is 0 Å². The molecule has 3 aromatic rings. The summed E-state index contributed by atoms with van der Waals surface area (Å²) < 4.78 is 13.0. The molecule has 0 spiro atoms. The van der Waals surface area contributed by atoms with Crippen LogP contribution in [0.2, 0.25) is 0 Å². The first-order chi connectivity index (χ1) is 11.6. The van der Waals surface area contributed by atoms with Crippen molar-refractivity contribution in [2.24, 2.45) is 11.7 Å². The van der Waals surface area contributed by atoms with Crippen LogP contribution in [-0.4, -0.2) is 22.4 Å². The highest BCUT2D eigenvalue weighted by atomic mass is 19.1. The molecule has 3 rings (SSSR count). The molecule has 0 bridgehead atoms. The highest BCUT2D eigenvalue weighted by Gasteiger charge is 2.17. The minimum atomic E-state index is -0.427. The van der Waals surface area contributed by atoms with E-state index >= 15 is 0 Å². The molecule has 3 N–H and O–H groups in total. The summed E-state index contributed by atoms with van der Waals surface area (Å²) in [7, 11) is 0. The van der Waals surface area contributed by atoms with Crippen molar-refractivity contribution in [2.45, 2.75) is 6.42 Å². The Hall–Kier alpha value is -3.02. The van der Waals surface area contributed by atoms with Gasteiger partial charge >= 0.3 is 0 Å². The topological polar surface area (TPSA) is 80.9 Å². The molecule has 0 aliphatic rings. The van der Waals surface area contributed by atoms with Crippen molar-refractivity contribution < 1.29 is 9.18 Å². The number of nitrogens with one attached hydrogen (secondary N) is 1. The third kappa shape index (κ3) is 3.65. The predicted octanol–water partition coefficient (Wildman–Crippen LogP) is 2.53. The molecule has 1 amide bonds. The van der Waals surface area contributed by atoms with Gasteiger partial charge in [0.15, 0.2) is 0 Å². The summed E-state index contributed by atoms with van der Waals surface area (Å²) in [6.45, 7) is 0.341. The largest absolute Gasteiger partial charge is 0.369 e. The van der Waals surface area contributed by atoms with Gasteiger partial charge in [0, 0.05) is 11.9 Å². The van der Waals surface area contributed by atoms with Crippen LogP contribution >= 0.6 is 0 Å². The van der Waals surface area contributed by atoms with Crippen molar-refractivity contribution in [3.05, 3.63) is 66.2 Å². The number of carbonyl (C=O) groups excluding carboxylic acids is 1. The number of hydrogen-bond acceptors (Lipinski definition) is 4. The number of nitrogens with zero attached hydrogens (tertiary/aromatic N) is 2. The summed E-state index contributed by atoms with van der Waals surface area (Å²) in [5, 5.41) is 4.05. The predicted molar refractivity (Wildman–Crippen MR) is 90.8 cm³/mol. The average Bonchev–Trinajstić information content (AvgIpc) is 2.60. The van der Waals surface area contributed by atoms with Crippen molar-refractivity contribution in [1.82, 2.24) is 9.97 Å². The van der Waals surface area contributed by atoms with Crippen LogP contribution in [-0.2, 0) is 11.2 Å². The highest BCUT2D eigenvalue weighted by Crippen LogP contribution is 2.19. The van der Waals surface area contributed by atoms with Gasteiger partial charge in [0.05, 0.1) is 11.4 Å². The van der Waals surface area contributed by atoms with E-state index in [4.69, 9.17) is 5.73 Å². The van der Waals surface area contributed by atoms with Gasteiger partial charge in [-0.2, -0.15) is 0 Å². The summed E-state index contributed by atoms with van der Waals surface area (Å²) in [6, 6.07) is 13.7. The van der Waals surface area contributed by atoms with Gasteiger partial charge in [0.2, 0.25) is 5.91 Å². The maximum absolute atomic E-state index is 13.0. The third-order valence-electron chi connectivity index (χ3n) is 3.86. The maximum atomic E-state index is 13.0. The van der Waals surface area contributed by atoms with E-state index in [0.717, 1.165) is 16.5 Å². The number of halogens is 1. The van der Waals surface area contributed by atoms with Crippen molar-refractivity contribution >= 4 is 22.6 Å². The maximum Gasteiger partial charge on any atom is 0.222 e. The summed E-state index contributed by atoms with van der Waals surface area (Å²) in [4.78, 5) is 20.2. The minimum Gasteiger partial charge on any atom is -0.369 e. The van der Waals surface area contributed by atoms with Gasteiger partial charge in [-0.1, -0.05) is 24.3 Å². The lowest BCUT2D eigenvalue weighted by Gasteiger charge is -2.15. The van der Waals surface area contributed by atoms with Crippen LogP contribution in [0.5, 0.6) is 0 Å². The van der Waals surface area contributed by atoms with E-state index in [-0.39, 0.29) is 5.82 Å². The number of rotatable bonds is 6. The molecule has 1 heterocycles. The molecule has 5 nitrogen and oxygen atoms in total. The van der Waals surface area contributed by atoms with Gasteiger partial charge in [-0.15, -0.1) is 0 Å². The second-order valence-corrected chi connectivity index (χ2v) is 5.55. The minimum absolute atomic E-state index is 0.306. The molecule has 1 unspecified atom stereocenters. The van der Waals surface area contributed by atoms with Gasteiger partial charge in [0.1, 0.15) is 18.0 Å². The number of benzene rings is 2. The molecule has 1 atom stereocenters. The first-order valence-corrected chi connectivity index (χ1v) is 7.61. The van der Waals surface area contributed by atoms with Crippen LogP contribution in [0.4, 0.5) is 10.2 Å². The van der Waals surface area contributed by atoms with Crippen LogP contribution in [0.15, 0.2) is 54.9 Å². The lowest BCUT2D eigenvalue weighted by Crippen LogP contribution is -2.31. The lowest BCUT2D eigenvalue weighted by atomic mass is 9.98. The fourth-order valence-corrected chi connectivity index (χ4v) is 2.54. The van der Waals surface area contributed by atoms with E-state index in [1.165, 1.54) is 18.5 Å². The molecule has 6 heteroatoms. The fourth-order valence-electron chi connectivity index (χ4n) is 2.54. The van der Waals surface area contributed by atoms with E-state index in [1.54, 1.807) is 12.1 Å². The SMILES string of the molecule is NC(=O)C(CNc1ncnc2ccccc12)Cc1ccc(F)cc1. The Morgan fingerprint density at radius 3 is 2.62 bits per heavy atom. The number of hydrogen-bond donors (Lipinski definition) is 2. The highest BCUT2D eigenvalue weighted by molar-refractivity contribution is 5.88. The number of fused-ring (bicyclic) bond motifs is 1. The number of para-hydroxylation sites is 1. The summed E-state index contributed by atoms with van der Waals surface area (Å²) >= 11 is 0. The van der Waals surface area contributed by atoms with Gasteiger partial charge < -0.3 is 11.1 Å². The first kappa shape index (κ1) is 15.9. The van der Waals surface area contributed by atoms with Crippen LogP contribution < -0.4 is 11.1 Å². The van der Waals surface area contributed by atoms with Crippen LogP contribution in [0.1, 0.15) is 5.56 Å². The Balaban J connectivity index is 1.74. The molecule has 122 valence electrons. The number of aromatic nitrogens is 2. The van der Waals surface area contributed by atoms with E-state index in [0.29, 0.717) is 18.8 Å². The fraction of sp³-hybridized carbons (Fsp3) is 0.167. The number of primary amides is 1. The smallest absolute Gasteiger partial charge is 0.222 e. The van der Waals surface area contributed by atoms with Gasteiger partial charge in [-0.25, -0.2) is 14.4 Å². The van der Waals surface area contributed by atoms with E-state index in [2.05, 4.69) is 15.3 Å². The normalized spacial score (nSPS) is 12.0. The zero-order valence-corrected chi connectivity index (χ0v) is 12.9. The van der Waals surface area contributed by atoms with Gasteiger partial charge in [0.25, 0.3) is 0 Å². The van der Waals surface area contributed by atoms with Crippen LogP contribution in [0.3, 0.4) is 0 Å². The average molecular weight is 324 g/mol. The second-order valence-electron chi connectivity index (χ2n) is 5.55. The van der Waals surface area contributed by atoms with Gasteiger partial charge in [-0.05, 0) is 36.2 Å². The molecule has 2 aromatic carbocycles. The number of carbonyl (C=O) groups is 1. The summed E-state index contributed by atoms with van der Waals surface area (Å²) in [5.41, 5.74) is 7.18. The Bertz CT molecular complexity index is 846. The molecule has 0 fully saturated rings. The molecular formula is C18H17FN4O. The van der Waals surface area contributed by atoms with Crippen LogP contribution in [0.25, 0.3) is 10.9 Å². The monoisotopic (exact) mass is 324 g/mol.